The molecule has 0 saturated carbocycles. The highest BCUT2D eigenvalue weighted by Crippen LogP contribution is 2.07. The van der Waals surface area contributed by atoms with E-state index in [2.05, 4.69) is 17.3 Å². The summed E-state index contributed by atoms with van der Waals surface area (Å²) in [6.07, 6.45) is 4.82. The van der Waals surface area contributed by atoms with E-state index in [0.29, 0.717) is 6.04 Å². The van der Waals surface area contributed by atoms with Crippen molar-refractivity contribution in [3.05, 3.63) is 12.4 Å². The summed E-state index contributed by atoms with van der Waals surface area (Å²) in [5, 5.41) is 7.42. The van der Waals surface area contributed by atoms with Crippen LogP contribution in [0.2, 0.25) is 0 Å². The van der Waals surface area contributed by atoms with E-state index in [9.17, 15) is 0 Å². The Balaban J connectivity index is 2.46. The summed E-state index contributed by atoms with van der Waals surface area (Å²) in [7, 11) is 3.62. The van der Waals surface area contributed by atoms with Crippen molar-refractivity contribution in [3.63, 3.8) is 0 Å². The summed E-state index contributed by atoms with van der Waals surface area (Å²) in [6, 6.07) is 0.370. The largest absolute Gasteiger partial charge is 0.383 e. The normalized spacial score (nSPS) is 12.8. The zero-order valence-corrected chi connectivity index (χ0v) is 8.45. The van der Waals surface area contributed by atoms with Gasteiger partial charge in [0, 0.05) is 26.4 Å². The number of anilines is 1. The molecule has 0 radical (unpaired) electrons. The second-order valence-corrected chi connectivity index (χ2v) is 3.11. The Labute approximate surface area is 78.9 Å². The fourth-order valence-corrected chi connectivity index (χ4v) is 1.19. The van der Waals surface area contributed by atoms with E-state index in [4.69, 9.17) is 4.74 Å². The number of hydrogen-bond donors (Lipinski definition) is 1. The molecule has 1 aromatic rings. The number of aryl methyl sites for hydroxylation is 1. The monoisotopic (exact) mass is 183 g/mol. The molecule has 4 heteroatoms. The van der Waals surface area contributed by atoms with Crippen LogP contribution >= 0.6 is 0 Å². The molecule has 1 unspecified atom stereocenters. The zero-order valence-electron chi connectivity index (χ0n) is 8.45. The van der Waals surface area contributed by atoms with Crippen molar-refractivity contribution in [3.8, 4) is 0 Å². The third-order valence-electron chi connectivity index (χ3n) is 1.94. The lowest BCUT2D eigenvalue weighted by Crippen LogP contribution is -2.23. The number of hydrogen-bond acceptors (Lipinski definition) is 3. The van der Waals surface area contributed by atoms with E-state index in [1.165, 1.54) is 0 Å². The van der Waals surface area contributed by atoms with Crippen LogP contribution in [0.15, 0.2) is 12.4 Å². The van der Waals surface area contributed by atoms with Crippen LogP contribution in [0.25, 0.3) is 0 Å². The van der Waals surface area contributed by atoms with Gasteiger partial charge in [-0.3, -0.25) is 4.68 Å². The number of rotatable bonds is 5. The van der Waals surface area contributed by atoms with Crippen molar-refractivity contribution in [1.29, 1.82) is 0 Å². The average molecular weight is 183 g/mol. The lowest BCUT2D eigenvalue weighted by molar-refractivity contribution is 0.184. The molecular formula is C9H17N3O. The smallest absolute Gasteiger partial charge is 0.0729 e. The zero-order chi connectivity index (χ0) is 9.68. The van der Waals surface area contributed by atoms with Gasteiger partial charge in [0.15, 0.2) is 0 Å². The van der Waals surface area contributed by atoms with Gasteiger partial charge in [0.05, 0.1) is 18.5 Å². The molecule has 13 heavy (non-hydrogen) atoms. The fourth-order valence-electron chi connectivity index (χ4n) is 1.19. The van der Waals surface area contributed by atoms with Crippen LogP contribution in [0.3, 0.4) is 0 Å². The van der Waals surface area contributed by atoms with Crippen molar-refractivity contribution in [1.82, 2.24) is 9.78 Å². The highest BCUT2D eigenvalue weighted by atomic mass is 16.5. The van der Waals surface area contributed by atoms with Crippen LogP contribution in [0, 0.1) is 0 Å². The van der Waals surface area contributed by atoms with Crippen molar-refractivity contribution in [2.24, 2.45) is 7.05 Å². The Morgan fingerprint density at radius 3 is 2.92 bits per heavy atom. The predicted octanol–water partition coefficient (Wildman–Crippen LogP) is 1.26. The highest BCUT2D eigenvalue weighted by molar-refractivity contribution is 5.39. The molecule has 74 valence electrons. The van der Waals surface area contributed by atoms with Crippen LogP contribution in [-0.2, 0) is 11.8 Å². The Kier molecular flexibility index (Phi) is 3.76. The molecular weight excluding hydrogens is 166 g/mol. The molecule has 0 aromatic carbocycles. The van der Waals surface area contributed by atoms with Gasteiger partial charge in [-0.25, -0.2) is 0 Å². The fraction of sp³-hybridized carbons (Fsp3) is 0.667. The molecule has 0 aliphatic carbocycles. The van der Waals surface area contributed by atoms with E-state index in [1.54, 1.807) is 11.8 Å². The maximum atomic E-state index is 5.08. The first kappa shape index (κ1) is 10.1. The number of aromatic nitrogens is 2. The molecule has 0 saturated heterocycles. The van der Waals surface area contributed by atoms with Gasteiger partial charge >= 0.3 is 0 Å². The molecule has 1 heterocycles. The van der Waals surface area contributed by atoms with Crippen molar-refractivity contribution in [2.45, 2.75) is 19.4 Å². The number of nitrogens with zero attached hydrogens (tertiary/aromatic N) is 2. The second-order valence-electron chi connectivity index (χ2n) is 3.11. The van der Waals surface area contributed by atoms with Gasteiger partial charge in [0.2, 0.25) is 0 Å². The molecule has 4 nitrogen and oxygen atoms in total. The maximum absolute atomic E-state index is 5.08. The summed E-state index contributed by atoms with van der Waals surface area (Å²) in [6.45, 7) is 2.86. The van der Waals surface area contributed by atoms with Crippen molar-refractivity contribution >= 4 is 5.69 Å². The van der Waals surface area contributed by atoms with E-state index in [0.717, 1.165) is 18.7 Å². The first-order valence-electron chi connectivity index (χ1n) is 4.50. The third-order valence-corrected chi connectivity index (χ3v) is 1.94. The molecule has 0 aliphatic heterocycles. The quantitative estimate of drug-likeness (QED) is 0.747. The molecule has 0 spiro atoms. The molecule has 0 bridgehead atoms. The van der Waals surface area contributed by atoms with Gasteiger partial charge in [-0.1, -0.05) is 6.92 Å². The SMILES string of the molecule is CCC(COC)Nc1cnn(C)c1. The van der Waals surface area contributed by atoms with E-state index in [1.807, 2.05) is 19.4 Å². The molecule has 1 aromatic heterocycles. The van der Waals surface area contributed by atoms with E-state index < -0.39 is 0 Å². The molecule has 1 N–H and O–H groups in total. The minimum Gasteiger partial charge on any atom is -0.383 e. The molecule has 1 rings (SSSR count). The summed E-state index contributed by atoms with van der Waals surface area (Å²) in [5.41, 5.74) is 1.05. The Morgan fingerprint density at radius 2 is 2.46 bits per heavy atom. The summed E-state index contributed by atoms with van der Waals surface area (Å²) < 4.78 is 6.86. The molecule has 0 aliphatic rings. The van der Waals surface area contributed by atoms with Crippen LogP contribution in [0.5, 0.6) is 0 Å². The van der Waals surface area contributed by atoms with Gasteiger partial charge in [-0.05, 0) is 6.42 Å². The van der Waals surface area contributed by atoms with Crippen LogP contribution in [-0.4, -0.2) is 29.5 Å². The Hall–Kier alpha value is -1.03. The first-order valence-corrected chi connectivity index (χ1v) is 4.50. The standard InChI is InChI=1S/C9H17N3O/c1-4-8(7-13-3)11-9-5-10-12(2)6-9/h5-6,8,11H,4,7H2,1-3H3. The summed E-state index contributed by atoms with van der Waals surface area (Å²) in [4.78, 5) is 0. The van der Waals surface area contributed by atoms with Crippen LogP contribution in [0.1, 0.15) is 13.3 Å². The van der Waals surface area contributed by atoms with Crippen molar-refractivity contribution < 1.29 is 4.74 Å². The summed E-state index contributed by atoms with van der Waals surface area (Å²) in [5.74, 6) is 0. The molecule has 0 fully saturated rings. The summed E-state index contributed by atoms with van der Waals surface area (Å²) >= 11 is 0. The predicted molar refractivity (Wildman–Crippen MR) is 52.8 cm³/mol. The minimum atomic E-state index is 0.370. The number of nitrogens with one attached hydrogen (secondary N) is 1. The molecule has 1 atom stereocenters. The lowest BCUT2D eigenvalue weighted by atomic mass is 10.2. The van der Waals surface area contributed by atoms with Crippen LogP contribution in [0.4, 0.5) is 5.69 Å². The highest BCUT2D eigenvalue weighted by Gasteiger charge is 2.05. The minimum absolute atomic E-state index is 0.370. The van der Waals surface area contributed by atoms with Gasteiger partial charge < -0.3 is 10.1 Å². The van der Waals surface area contributed by atoms with Crippen molar-refractivity contribution in [2.75, 3.05) is 19.0 Å². The second kappa shape index (κ2) is 4.87. The van der Waals surface area contributed by atoms with E-state index >= 15 is 0 Å². The van der Waals surface area contributed by atoms with Gasteiger partial charge in [0.25, 0.3) is 0 Å². The average Bonchev–Trinajstić information content (AvgIpc) is 2.50. The number of ether oxygens (including phenoxy) is 1. The first-order chi connectivity index (χ1) is 6.26. The van der Waals surface area contributed by atoms with Gasteiger partial charge in [-0.2, -0.15) is 5.10 Å². The topological polar surface area (TPSA) is 39.1 Å². The van der Waals surface area contributed by atoms with E-state index in [-0.39, 0.29) is 0 Å². The Bertz CT molecular complexity index is 247. The van der Waals surface area contributed by atoms with Gasteiger partial charge in [0.1, 0.15) is 0 Å². The number of methoxy groups -OCH3 is 1. The van der Waals surface area contributed by atoms with Gasteiger partial charge in [-0.15, -0.1) is 0 Å². The molecule has 0 amide bonds. The lowest BCUT2D eigenvalue weighted by Gasteiger charge is -2.15. The Morgan fingerprint density at radius 1 is 1.69 bits per heavy atom. The maximum Gasteiger partial charge on any atom is 0.0729 e. The van der Waals surface area contributed by atoms with Crippen LogP contribution < -0.4 is 5.32 Å². The third kappa shape index (κ3) is 3.06.